The first-order valence-electron chi connectivity index (χ1n) is 6.87. The van der Waals surface area contributed by atoms with E-state index in [1.807, 2.05) is 19.1 Å². The van der Waals surface area contributed by atoms with Crippen LogP contribution in [0.2, 0.25) is 4.34 Å². The van der Waals surface area contributed by atoms with E-state index < -0.39 is 0 Å². The first-order valence-corrected chi connectivity index (χ1v) is 8.07. The van der Waals surface area contributed by atoms with E-state index in [2.05, 4.69) is 5.32 Å². The Hall–Kier alpha value is -0.290. The van der Waals surface area contributed by atoms with Crippen molar-refractivity contribution < 1.29 is 4.79 Å². The van der Waals surface area contributed by atoms with Crippen LogP contribution in [0.15, 0.2) is 12.1 Å². The standard InChI is InChI=1S/C14H21ClN2OS.ClH/c1-9(12-6-7-13(15)19-12)14(18)17-11-5-3-2-4-10(11)8-16;/h6-7,9-11H,2-5,8,16H2,1H3,(H,17,18);1H. The highest BCUT2D eigenvalue weighted by Gasteiger charge is 2.27. The lowest BCUT2D eigenvalue weighted by Crippen LogP contribution is -2.45. The van der Waals surface area contributed by atoms with Crippen LogP contribution in [0.1, 0.15) is 43.4 Å². The number of halogens is 2. The predicted molar refractivity (Wildman–Crippen MR) is 87.9 cm³/mol. The van der Waals surface area contributed by atoms with Crippen molar-refractivity contribution in [3.63, 3.8) is 0 Å². The zero-order valence-electron chi connectivity index (χ0n) is 11.6. The van der Waals surface area contributed by atoms with E-state index in [-0.39, 0.29) is 30.3 Å². The van der Waals surface area contributed by atoms with Crippen LogP contribution in [0, 0.1) is 5.92 Å². The molecule has 1 aromatic rings. The topological polar surface area (TPSA) is 55.1 Å². The van der Waals surface area contributed by atoms with Gasteiger partial charge in [0.1, 0.15) is 0 Å². The molecule has 1 fully saturated rings. The highest BCUT2D eigenvalue weighted by Crippen LogP contribution is 2.29. The molecule has 1 aromatic heterocycles. The van der Waals surface area contributed by atoms with Crippen molar-refractivity contribution in [1.82, 2.24) is 5.32 Å². The van der Waals surface area contributed by atoms with Crippen LogP contribution in [-0.2, 0) is 4.79 Å². The number of nitrogens with one attached hydrogen (secondary N) is 1. The third-order valence-corrected chi connectivity index (χ3v) is 5.37. The highest BCUT2D eigenvalue weighted by molar-refractivity contribution is 7.16. The average Bonchev–Trinajstić information content (AvgIpc) is 2.85. The van der Waals surface area contributed by atoms with E-state index in [1.54, 1.807) is 0 Å². The molecular weight excluding hydrogens is 315 g/mol. The van der Waals surface area contributed by atoms with Gasteiger partial charge in [-0.3, -0.25) is 4.79 Å². The largest absolute Gasteiger partial charge is 0.352 e. The normalized spacial score (nSPS) is 23.8. The lowest BCUT2D eigenvalue weighted by Gasteiger charge is -2.32. The van der Waals surface area contributed by atoms with E-state index in [0.717, 1.165) is 22.1 Å². The molecule has 0 spiro atoms. The van der Waals surface area contributed by atoms with Crippen LogP contribution in [-0.4, -0.2) is 18.5 Å². The molecule has 0 aliphatic heterocycles. The number of nitrogens with two attached hydrogens (primary N) is 1. The third-order valence-electron chi connectivity index (χ3n) is 3.95. The minimum atomic E-state index is -0.141. The van der Waals surface area contributed by atoms with E-state index in [4.69, 9.17) is 17.3 Å². The summed E-state index contributed by atoms with van der Waals surface area (Å²) in [5.74, 6) is 0.374. The molecule has 0 radical (unpaired) electrons. The zero-order chi connectivity index (χ0) is 13.8. The molecule has 3 nitrogen and oxygen atoms in total. The Morgan fingerprint density at radius 2 is 2.20 bits per heavy atom. The molecule has 2 rings (SSSR count). The highest BCUT2D eigenvalue weighted by atomic mass is 35.5. The first-order chi connectivity index (χ1) is 9.11. The van der Waals surface area contributed by atoms with Gasteiger partial charge in [-0.05, 0) is 44.4 Å². The van der Waals surface area contributed by atoms with Crippen molar-refractivity contribution in [2.45, 2.75) is 44.6 Å². The number of thiophene rings is 1. The number of rotatable bonds is 4. The van der Waals surface area contributed by atoms with Crippen molar-refractivity contribution in [3.05, 3.63) is 21.3 Å². The Bertz CT molecular complexity index is 439. The Kier molecular flexibility index (Phi) is 7.30. The second-order valence-electron chi connectivity index (χ2n) is 5.26. The summed E-state index contributed by atoms with van der Waals surface area (Å²) < 4.78 is 0.729. The molecule has 1 aliphatic carbocycles. The Morgan fingerprint density at radius 3 is 2.80 bits per heavy atom. The third kappa shape index (κ3) is 4.35. The molecule has 20 heavy (non-hydrogen) atoms. The van der Waals surface area contributed by atoms with Gasteiger partial charge in [-0.25, -0.2) is 0 Å². The molecule has 6 heteroatoms. The molecule has 3 N–H and O–H groups in total. The molecule has 0 bridgehead atoms. The number of amides is 1. The molecular formula is C14H22Cl2N2OS. The zero-order valence-corrected chi connectivity index (χ0v) is 14.0. The van der Waals surface area contributed by atoms with Gasteiger partial charge in [0.25, 0.3) is 0 Å². The van der Waals surface area contributed by atoms with Gasteiger partial charge < -0.3 is 11.1 Å². The maximum atomic E-state index is 12.3. The van der Waals surface area contributed by atoms with Gasteiger partial charge in [-0.2, -0.15) is 0 Å². The van der Waals surface area contributed by atoms with Crippen molar-refractivity contribution in [2.24, 2.45) is 11.7 Å². The summed E-state index contributed by atoms with van der Waals surface area (Å²) in [6.45, 7) is 2.59. The summed E-state index contributed by atoms with van der Waals surface area (Å²) in [4.78, 5) is 13.3. The maximum Gasteiger partial charge on any atom is 0.228 e. The molecule has 3 atom stereocenters. The molecule has 1 saturated carbocycles. The summed E-state index contributed by atoms with van der Waals surface area (Å²) in [6.07, 6.45) is 4.58. The van der Waals surface area contributed by atoms with E-state index in [9.17, 15) is 4.79 Å². The molecule has 3 unspecified atom stereocenters. The van der Waals surface area contributed by atoms with Gasteiger partial charge >= 0.3 is 0 Å². The summed E-state index contributed by atoms with van der Waals surface area (Å²) >= 11 is 7.39. The maximum absolute atomic E-state index is 12.3. The Balaban J connectivity index is 0.00000200. The minimum absolute atomic E-state index is 0. The SMILES string of the molecule is CC(C(=O)NC1CCCCC1CN)c1ccc(Cl)s1.Cl. The van der Waals surface area contributed by atoms with Crippen LogP contribution < -0.4 is 11.1 Å². The van der Waals surface area contributed by atoms with Gasteiger partial charge in [0.2, 0.25) is 5.91 Å². The van der Waals surface area contributed by atoms with Crippen LogP contribution in [0.4, 0.5) is 0 Å². The lowest BCUT2D eigenvalue weighted by molar-refractivity contribution is -0.123. The molecule has 0 saturated heterocycles. The molecule has 1 heterocycles. The first kappa shape index (κ1) is 17.8. The molecule has 1 amide bonds. The average molecular weight is 337 g/mol. The quantitative estimate of drug-likeness (QED) is 0.883. The van der Waals surface area contributed by atoms with Crippen molar-refractivity contribution in [2.75, 3.05) is 6.54 Å². The van der Waals surface area contributed by atoms with E-state index >= 15 is 0 Å². The van der Waals surface area contributed by atoms with Crippen LogP contribution >= 0.6 is 35.3 Å². The molecule has 114 valence electrons. The summed E-state index contributed by atoms with van der Waals surface area (Å²) in [7, 11) is 0. The Morgan fingerprint density at radius 1 is 1.50 bits per heavy atom. The van der Waals surface area contributed by atoms with Crippen LogP contribution in [0.3, 0.4) is 0 Å². The molecule has 0 aromatic carbocycles. The van der Waals surface area contributed by atoms with Gasteiger partial charge in [0, 0.05) is 10.9 Å². The number of hydrogen-bond donors (Lipinski definition) is 2. The van der Waals surface area contributed by atoms with Gasteiger partial charge in [0.15, 0.2) is 0 Å². The summed E-state index contributed by atoms with van der Waals surface area (Å²) in [6, 6.07) is 4.01. The number of carbonyl (C=O) groups is 1. The van der Waals surface area contributed by atoms with Crippen LogP contribution in [0.5, 0.6) is 0 Å². The Labute approximate surface area is 135 Å². The fourth-order valence-electron chi connectivity index (χ4n) is 2.68. The number of hydrogen-bond acceptors (Lipinski definition) is 3. The smallest absolute Gasteiger partial charge is 0.228 e. The molecule has 1 aliphatic rings. The van der Waals surface area contributed by atoms with Crippen molar-refractivity contribution in [3.8, 4) is 0 Å². The summed E-state index contributed by atoms with van der Waals surface area (Å²) in [5.41, 5.74) is 5.79. The second kappa shape index (κ2) is 8.23. The fourth-order valence-corrected chi connectivity index (χ4v) is 3.79. The van der Waals surface area contributed by atoms with Crippen molar-refractivity contribution >= 4 is 41.3 Å². The van der Waals surface area contributed by atoms with Gasteiger partial charge in [-0.15, -0.1) is 23.7 Å². The fraction of sp³-hybridized carbons (Fsp3) is 0.643. The van der Waals surface area contributed by atoms with Crippen molar-refractivity contribution in [1.29, 1.82) is 0 Å². The predicted octanol–water partition coefficient (Wildman–Crippen LogP) is 3.56. The van der Waals surface area contributed by atoms with Gasteiger partial charge in [0.05, 0.1) is 10.3 Å². The van der Waals surface area contributed by atoms with Gasteiger partial charge in [-0.1, -0.05) is 24.4 Å². The lowest BCUT2D eigenvalue weighted by atomic mass is 9.84. The minimum Gasteiger partial charge on any atom is -0.352 e. The van der Waals surface area contributed by atoms with Crippen LogP contribution in [0.25, 0.3) is 0 Å². The second-order valence-corrected chi connectivity index (χ2v) is 7.01. The summed E-state index contributed by atoms with van der Waals surface area (Å²) in [5, 5.41) is 3.17. The monoisotopic (exact) mass is 336 g/mol. The van der Waals surface area contributed by atoms with E-state index in [0.29, 0.717) is 12.5 Å². The van der Waals surface area contributed by atoms with E-state index in [1.165, 1.54) is 24.2 Å². The number of carbonyl (C=O) groups excluding carboxylic acids is 1.